The molecule has 2 aromatic carbocycles. The number of rotatable bonds is 6. The first-order chi connectivity index (χ1) is 9.70. The monoisotopic (exact) mass is 293 g/mol. The van der Waals surface area contributed by atoms with Gasteiger partial charge in [-0.05, 0) is 42.8 Å². The Bertz CT molecular complexity index is 574. The molecule has 0 radical (unpaired) electrons. The molecule has 2 nitrogen and oxygen atoms in total. The zero-order valence-corrected chi connectivity index (χ0v) is 12.1. The summed E-state index contributed by atoms with van der Waals surface area (Å²) in [5.74, 6) is 0.331. The zero-order chi connectivity index (χ0) is 14.4. The van der Waals surface area contributed by atoms with Gasteiger partial charge in [0, 0.05) is 11.6 Å². The van der Waals surface area contributed by atoms with Crippen molar-refractivity contribution >= 4 is 11.6 Å². The van der Waals surface area contributed by atoms with Gasteiger partial charge in [-0.1, -0.05) is 36.7 Å². The molecule has 0 unspecified atom stereocenters. The average Bonchev–Trinajstić information content (AvgIpc) is 2.44. The van der Waals surface area contributed by atoms with Gasteiger partial charge in [0.05, 0.1) is 0 Å². The van der Waals surface area contributed by atoms with E-state index in [4.69, 9.17) is 16.3 Å². The number of benzene rings is 2. The van der Waals surface area contributed by atoms with E-state index in [1.807, 2.05) is 6.07 Å². The highest BCUT2D eigenvalue weighted by Gasteiger charge is 2.06. The topological polar surface area (TPSA) is 21.3 Å². The van der Waals surface area contributed by atoms with Crippen LogP contribution in [0.3, 0.4) is 0 Å². The molecule has 2 rings (SSSR count). The van der Waals surface area contributed by atoms with Gasteiger partial charge in [-0.25, -0.2) is 4.39 Å². The number of hydrogen-bond acceptors (Lipinski definition) is 2. The van der Waals surface area contributed by atoms with Crippen LogP contribution in [0.1, 0.15) is 18.9 Å². The quantitative estimate of drug-likeness (QED) is 0.775. The van der Waals surface area contributed by atoms with Gasteiger partial charge in [-0.2, -0.15) is 0 Å². The highest BCUT2D eigenvalue weighted by Crippen LogP contribution is 2.28. The molecule has 0 aliphatic rings. The third-order valence-corrected chi connectivity index (χ3v) is 3.18. The van der Waals surface area contributed by atoms with Crippen LogP contribution in [0.25, 0.3) is 0 Å². The van der Waals surface area contributed by atoms with E-state index in [1.54, 1.807) is 30.3 Å². The van der Waals surface area contributed by atoms with E-state index >= 15 is 0 Å². The number of halogens is 2. The highest BCUT2D eigenvalue weighted by molar-refractivity contribution is 6.31. The van der Waals surface area contributed by atoms with Crippen molar-refractivity contribution < 1.29 is 9.13 Å². The van der Waals surface area contributed by atoms with Crippen LogP contribution in [0.2, 0.25) is 5.02 Å². The number of nitrogens with one attached hydrogen (secondary N) is 1. The molecule has 0 heterocycles. The van der Waals surface area contributed by atoms with Crippen molar-refractivity contribution in [3.63, 3.8) is 0 Å². The summed E-state index contributed by atoms with van der Waals surface area (Å²) < 4.78 is 19.0. The molecule has 2 aromatic rings. The van der Waals surface area contributed by atoms with E-state index in [0.29, 0.717) is 17.3 Å². The molecule has 20 heavy (non-hydrogen) atoms. The number of hydrogen-bond donors (Lipinski definition) is 1. The van der Waals surface area contributed by atoms with Gasteiger partial charge in [0.15, 0.2) is 11.6 Å². The molecule has 0 fully saturated rings. The summed E-state index contributed by atoms with van der Waals surface area (Å²) >= 11 is 6.20. The van der Waals surface area contributed by atoms with Gasteiger partial charge < -0.3 is 10.1 Å². The summed E-state index contributed by atoms with van der Waals surface area (Å²) in [6, 6.07) is 11.7. The van der Waals surface area contributed by atoms with E-state index in [-0.39, 0.29) is 5.75 Å². The minimum atomic E-state index is -0.391. The molecule has 4 heteroatoms. The lowest BCUT2D eigenvalue weighted by Gasteiger charge is -2.10. The maximum atomic E-state index is 13.5. The number of para-hydroxylation sites is 1. The second-order valence-corrected chi connectivity index (χ2v) is 4.87. The fourth-order valence-corrected chi connectivity index (χ4v) is 2.03. The van der Waals surface area contributed by atoms with E-state index in [0.717, 1.165) is 18.5 Å². The molecule has 0 saturated heterocycles. The van der Waals surface area contributed by atoms with Crippen molar-refractivity contribution in [2.24, 2.45) is 0 Å². The van der Waals surface area contributed by atoms with Gasteiger partial charge in [-0.15, -0.1) is 0 Å². The van der Waals surface area contributed by atoms with Crippen molar-refractivity contribution in [3.05, 3.63) is 58.9 Å². The summed E-state index contributed by atoms with van der Waals surface area (Å²) in [6.07, 6.45) is 1.08. The normalized spacial score (nSPS) is 10.6. The second kappa shape index (κ2) is 7.27. The molecule has 0 atom stereocenters. The fourth-order valence-electron chi connectivity index (χ4n) is 1.79. The number of ether oxygens (including phenoxy) is 1. The van der Waals surface area contributed by atoms with Crippen LogP contribution in [-0.2, 0) is 6.54 Å². The van der Waals surface area contributed by atoms with Gasteiger partial charge >= 0.3 is 0 Å². The van der Waals surface area contributed by atoms with Crippen molar-refractivity contribution in [1.82, 2.24) is 5.32 Å². The second-order valence-electron chi connectivity index (χ2n) is 4.46. The lowest BCUT2D eigenvalue weighted by atomic mass is 10.2. The Balaban J connectivity index is 2.07. The van der Waals surface area contributed by atoms with Gasteiger partial charge in [0.2, 0.25) is 0 Å². The molecule has 106 valence electrons. The Hall–Kier alpha value is -1.58. The lowest BCUT2D eigenvalue weighted by Crippen LogP contribution is -2.13. The van der Waals surface area contributed by atoms with E-state index < -0.39 is 5.82 Å². The predicted molar refractivity (Wildman–Crippen MR) is 79.9 cm³/mol. The first-order valence-corrected chi connectivity index (χ1v) is 7.00. The predicted octanol–water partition coefficient (Wildman–Crippen LogP) is 4.77. The van der Waals surface area contributed by atoms with Crippen molar-refractivity contribution in [2.75, 3.05) is 6.54 Å². The maximum Gasteiger partial charge on any atom is 0.165 e. The average molecular weight is 294 g/mol. The maximum absolute atomic E-state index is 13.5. The Kier molecular flexibility index (Phi) is 5.39. The van der Waals surface area contributed by atoms with Crippen LogP contribution in [0.5, 0.6) is 11.5 Å². The van der Waals surface area contributed by atoms with Gasteiger partial charge in [0.1, 0.15) is 5.75 Å². The van der Waals surface area contributed by atoms with Crippen LogP contribution in [0.4, 0.5) is 4.39 Å². The first kappa shape index (κ1) is 14.8. The third kappa shape index (κ3) is 3.95. The molecule has 0 aliphatic heterocycles. The lowest BCUT2D eigenvalue weighted by molar-refractivity contribution is 0.442. The minimum Gasteiger partial charge on any atom is -0.454 e. The van der Waals surface area contributed by atoms with Gasteiger partial charge in [-0.3, -0.25) is 0 Å². The Labute approximate surface area is 123 Å². The molecule has 0 spiro atoms. The highest BCUT2D eigenvalue weighted by atomic mass is 35.5. The van der Waals surface area contributed by atoms with E-state index in [2.05, 4.69) is 12.2 Å². The SMILES string of the molecule is CCCNCc1ccc(Oc2ccccc2F)cc1Cl. The Morgan fingerprint density at radius 2 is 2.00 bits per heavy atom. The first-order valence-electron chi connectivity index (χ1n) is 6.62. The van der Waals surface area contributed by atoms with E-state index in [1.165, 1.54) is 6.07 Å². The minimum absolute atomic E-state index is 0.195. The van der Waals surface area contributed by atoms with Crippen LogP contribution in [0, 0.1) is 5.82 Å². The molecule has 0 saturated carbocycles. The molecular formula is C16H17ClFNO. The molecule has 0 aliphatic carbocycles. The summed E-state index contributed by atoms with van der Waals surface area (Å²) in [7, 11) is 0. The van der Waals surface area contributed by atoms with Crippen LogP contribution in [-0.4, -0.2) is 6.54 Å². The van der Waals surface area contributed by atoms with Crippen molar-refractivity contribution in [1.29, 1.82) is 0 Å². The summed E-state index contributed by atoms with van der Waals surface area (Å²) in [5.41, 5.74) is 1.00. The van der Waals surface area contributed by atoms with Crippen molar-refractivity contribution in [3.8, 4) is 11.5 Å². The van der Waals surface area contributed by atoms with Crippen molar-refractivity contribution in [2.45, 2.75) is 19.9 Å². The molecule has 0 amide bonds. The van der Waals surface area contributed by atoms with Crippen LogP contribution >= 0.6 is 11.6 Å². The summed E-state index contributed by atoms with van der Waals surface area (Å²) in [5, 5.41) is 3.90. The summed E-state index contributed by atoms with van der Waals surface area (Å²) in [6.45, 7) is 3.77. The third-order valence-electron chi connectivity index (χ3n) is 2.83. The Morgan fingerprint density at radius 1 is 1.20 bits per heavy atom. The standard InChI is InChI=1S/C16H17ClFNO/c1-2-9-19-11-12-7-8-13(10-14(12)17)20-16-6-4-3-5-15(16)18/h3-8,10,19H,2,9,11H2,1H3. The molecular weight excluding hydrogens is 277 g/mol. The summed E-state index contributed by atoms with van der Waals surface area (Å²) in [4.78, 5) is 0. The van der Waals surface area contributed by atoms with Crippen LogP contribution in [0.15, 0.2) is 42.5 Å². The van der Waals surface area contributed by atoms with E-state index in [9.17, 15) is 4.39 Å². The van der Waals surface area contributed by atoms with Crippen LogP contribution < -0.4 is 10.1 Å². The van der Waals surface area contributed by atoms with Gasteiger partial charge in [0.25, 0.3) is 0 Å². The fraction of sp³-hybridized carbons (Fsp3) is 0.250. The zero-order valence-electron chi connectivity index (χ0n) is 11.3. The molecule has 0 aromatic heterocycles. The molecule has 1 N–H and O–H groups in total. The largest absolute Gasteiger partial charge is 0.454 e. The molecule has 0 bridgehead atoms. The smallest absolute Gasteiger partial charge is 0.165 e. The Morgan fingerprint density at radius 3 is 2.70 bits per heavy atom.